The Balaban J connectivity index is 1.28. The number of rotatable bonds is 7. The van der Waals surface area contributed by atoms with Gasteiger partial charge in [-0.3, -0.25) is 9.69 Å². The molecular weight excluding hydrogens is 470 g/mol. The number of hydrogen-bond donors (Lipinski definition) is 1. The van der Waals surface area contributed by atoms with Crippen LogP contribution in [0, 0.1) is 0 Å². The molecule has 0 bridgehead atoms. The molecule has 0 unspecified atom stereocenters. The number of hydrogen-bond acceptors (Lipinski definition) is 4. The molecule has 5 nitrogen and oxygen atoms in total. The van der Waals surface area contributed by atoms with E-state index in [0.29, 0.717) is 12.5 Å². The number of aryl methyl sites for hydroxylation is 1. The zero-order chi connectivity index (χ0) is 26.5. The fourth-order valence-electron chi connectivity index (χ4n) is 5.43. The maximum Gasteiger partial charge on any atom is 0.251 e. The van der Waals surface area contributed by atoms with Crippen molar-refractivity contribution in [2.24, 2.45) is 0 Å². The molecule has 1 N–H and O–H groups in total. The molecule has 5 rings (SSSR count). The van der Waals surface area contributed by atoms with E-state index in [0.717, 1.165) is 68.1 Å². The molecule has 1 amide bonds. The van der Waals surface area contributed by atoms with Crippen LogP contribution >= 0.6 is 0 Å². The van der Waals surface area contributed by atoms with Crippen LogP contribution in [0.4, 0.5) is 11.4 Å². The quantitative estimate of drug-likeness (QED) is 0.401. The lowest BCUT2D eigenvalue weighted by Gasteiger charge is -2.31. The van der Waals surface area contributed by atoms with E-state index in [1.165, 1.54) is 22.3 Å². The Morgan fingerprint density at radius 3 is 2.37 bits per heavy atom. The number of fused-ring (bicyclic) bond motifs is 1. The molecule has 198 valence electrons. The molecular formula is C33H39N3O2. The molecule has 2 heterocycles. The molecule has 0 saturated carbocycles. The molecule has 0 spiro atoms. The monoisotopic (exact) mass is 509 g/mol. The number of amides is 1. The SMILES string of the molecule is CCc1ccc(-c2ccc3c(c2)C=C(C(=O)Nc2ccc(CN(C)C4CCOCC4)cc2)CCN3C)cc1. The van der Waals surface area contributed by atoms with Crippen LogP contribution in [0.2, 0.25) is 0 Å². The minimum Gasteiger partial charge on any atom is -0.381 e. The van der Waals surface area contributed by atoms with Crippen molar-refractivity contribution < 1.29 is 9.53 Å². The highest BCUT2D eigenvalue weighted by atomic mass is 16.5. The average molecular weight is 510 g/mol. The predicted octanol–water partition coefficient (Wildman–Crippen LogP) is 6.39. The summed E-state index contributed by atoms with van der Waals surface area (Å²) < 4.78 is 5.50. The lowest BCUT2D eigenvalue weighted by molar-refractivity contribution is -0.112. The largest absolute Gasteiger partial charge is 0.381 e. The van der Waals surface area contributed by atoms with Crippen molar-refractivity contribution in [3.8, 4) is 11.1 Å². The summed E-state index contributed by atoms with van der Waals surface area (Å²) >= 11 is 0. The number of benzene rings is 3. The standard InChI is InChI=1S/C33H39N3O2/c1-4-24-5-9-26(10-6-24)27-11-14-32-29(21-27)22-28(15-18-35(32)2)33(37)34-30-12-7-25(8-13-30)23-36(3)31-16-19-38-20-17-31/h5-14,21-22,31H,4,15-20,23H2,1-3H3,(H,34,37). The molecule has 5 heteroatoms. The Kier molecular flexibility index (Phi) is 8.26. The van der Waals surface area contributed by atoms with Crippen LogP contribution in [0.3, 0.4) is 0 Å². The Labute approximate surface area is 227 Å². The van der Waals surface area contributed by atoms with Crippen LogP contribution in [-0.2, 0) is 22.5 Å². The van der Waals surface area contributed by atoms with Gasteiger partial charge in [-0.05, 0) is 90.9 Å². The first-order valence-electron chi connectivity index (χ1n) is 13.8. The lowest BCUT2D eigenvalue weighted by Crippen LogP contribution is -2.36. The van der Waals surface area contributed by atoms with E-state index in [4.69, 9.17) is 4.74 Å². The molecule has 0 radical (unpaired) electrons. The van der Waals surface area contributed by atoms with Crippen molar-refractivity contribution in [2.45, 2.75) is 45.2 Å². The number of nitrogens with zero attached hydrogens (tertiary/aromatic N) is 2. The highest BCUT2D eigenvalue weighted by molar-refractivity contribution is 6.07. The van der Waals surface area contributed by atoms with Gasteiger partial charge in [-0.25, -0.2) is 0 Å². The van der Waals surface area contributed by atoms with Gasteiger partial charge in [0, 0.05) is 56.3 Å². The fraction of sp³-hybridized carbons (Fsp3) is 0.364. The van der Waals surface area contributed by atoms with Crippen LogP contribution in [0.1, 0.15) is 42.9 Å². The second kappa shape index (κ2) is 12.0. The fourth-order valence-corrected chi connectivity index (χ4v) is 5.43. The summed E-state index contributed by atoms with van der Waals surface area (Å²) in [4.78, 5) is 18.0. The summed E-state index contributed by atoms with van der Waals surface area (Å²) in [6.45, 7) is 5.57. The average Bonchev–Trinajstić information content (AvgIpc) is 3.13. The molecule has 1 saturated heterocycles. The van der Waals surface area contributed by atoms with E-state index in [1.807, 2.05) is 12.1 Å². The Bertz CT molecular complexity index is 1270. The number of carbonyl (C=O) groups is 1. The van der Waals surface area contributed by atoms with Gasteiger partial charge < -0.3 is 15.0 Å². The number of nitrogens with one attached hydrogen (secondary N) is 1. The number of ether oxygens (including phenoxy) is 1. The van der Waals surface area contributed by atoms with Crippen molar-refractivity contribution in [2.75, 3.05) is 44.1 Å². The van der Waals surface area contributed by atoms with Gasteiger partial charge in [0.1, 0.15) is 0 Å². The van der Waals surface area contributed by atoms with Crippen molar-refractivity contribution in [1.29, 1.82) is 0 Å². The van der Waals surface area contributed by atoms with Gasteiger partial charge in [0.25, 0.3) is 5.91 Å². The summed E-state index contributed by atoms with van der Waals surface area (Å²) in [5.74, 6) is -0.0315. The summed E-state index contributed by atoms with van der Waals surface area (Å²) in [6, 6.07) is 24.1. The summed E-state index contributed by atoms with van der Waals surface area (Å²) in [5.41, 5.74) is 8.81. The lowest BCUT2D eigenvalue weighted by atomic mass is 9.99. The van der Waals surface area contributed by atoms with Gasteiger partial charge in [0.05, 0.1) is 0 Å². The minimum atomic E-state index is -0.0315. The second-order valence-electron chi connectivity index (χ2n) is 10.6. The third-order valence-corrected chi connectivity index (χ3v) is 7.93. The van der Waals surface area contributed by atoms with Gasteiger partial charge >= 0.3 is 0 Å². The van der Waals surface area contributed by atoms with Gasteiger partial charge in [-0.1, -0.05) is 49.4 Å². The van der Waals surface area contributed by atoms with Gasteiger partial charge in [-0.2, -0.15) is 0 Å². The minimum absolute atomic E-state index is 0.0315. The molecule has 3 aromatic rings. The topological polar surface area (TPSA) is 44.8 Å². The molecule has 0 aliphatic carbocycles. The molecule has 2 aliphatic rings. The summed E-state index contributed by atoms with van der Waals surface area (Å²) in [6.07, 6.45) is 5.97. The normalized spacial score (nSPS) is 16.1. The Morgan fingerprint density at radius 2 is 1.66 bits per heavy atom. The van der Waals surface area contributed by atoms with Crippen molar-refractivity contribution in [1.82, 2.24) is 4.90 Å². The first-order chi connectivity index (χ1) is 18.5. The first-order valence-corrected chi connectivity index (χ1v) is 13.8. The third-order valence-electron chi connectivity index (χ3n) is 7.93. The molecule has 0 aromatic heterocycles. The molecule has 38 heavy (non-hydrogen) atoms. The molecule has 3 aromatic carbocycles. The highest BCUT2D eigenvalue weighted by Crippen LogP contribution is 2.32. The van der Waals surface area contributed by atoms with Crippen LogP contribution in [-0.4, -0.2) is 50.7 Å². The van der Waals surface area contributed by atoms with E-state index in [-0.39, 0.29) is 5.91 Å². The van der Waals surface area contributed by atoms with Crippen LogP contribution in [0.5, 0.6) is 0 Å². The van der Waals surface area contributed by atoms with Gasteiger partial charge in [0.15, 0.2) is 0 Å². The number of anilines is 2. The molecule has 1 fully saturated rings. The maximum absolute atomic E-state index is 13.3. The van der Waals surface area contributed by atoms with Gasteiger partial charge in [0.2, 0.25) is 0 Å². The van der Waals surface area contributed by atoms with E-state index < -0.39 is 0 Å². The predicted molar refractivity (Wildman–Crippen MR) is 157 cm³/mol. The van der Waals surface area contributed by atoms with Crippen molar-refractivity contribution in [3.63, 3.8) is 0 Å². The van der Waals surface area contributed by atoms with E-state index in [2.05, 4.69) is 96.8 Å². The highest BCUT2D eigenvalue weighted by Gasteiger charge is 2.20. The Hall–Kier alpha value is -3.41. The van der Waals surface area contributed by atoms with Crippen LogP contribution < -0.4 is 10.2 Å². The zero-order valence-corrected chi connectivity index (χ0v) is 22.9. The van der Waals surface area contributed by atoms with Crippen molar-refractivity contribution >= 4 is 23.4 Å². The second-order valence-corrected chi connectivity index (χ2v) is 10.6. The van der Waals surface area contributed by atoms with Crippen LogP contribution in [0.15, 0.2) is 72.3 Å². The first kappa shape index (κ1) is 26.2. The van der Waals surface area contributed by atoms with E-state index in [1.54, 1.807) is 0 Å². The van der Waals surface area contributed by atoms with Crippen molar-refractivity contribution in [3.05, 3.63) is 89.0 Å². The zero-order valence-electron chi connectivity index (χ0n) is 22.9. The molecule has 2 aliphatic heterocycles. The Morgan fingerprint density at radius 1 is 0.974 bits per heavy atom. The molecule has 0 atom stereocenters. The van der Waals surface area contributed by atoms with Crippen LogP contribution in [0.25, 0.3) is 17.2 Å². The van der Waals surface area contributed by atoms with E-state index >= 15 is 0 Å². The van der Waals surface area contributed by atoms with Gasteiger partial charge in [-0.15, -0.1) is 0 Å². The third kappa shape index (κ3) is 6.17. The summed E-state index contributed by atoms with van der Waals surface area (Å²) in [5, 5.41) is 3.13. The summed E-state index contributed by atoms with van der Waals surface area (Å²) in [7, 11) is 4.28. The number of carbonyl (C=O) groups excluding carboxylic acids is 1. The maximum atomic E-state index is 13.3. The smallest absolute Gasteiger partial charge is 0.251 e. The van der Waals surface area contributed by atoms with E-state index in [9.17, 15) is 4.79 Å².